The second-order valence-electron chi connectivity index (χ2n) is 3.97. The molecule has 0 saturated carbocycles. The van der Waals surface area contributed by atoms with E-state index in [0.717, 1.165) is 6.42 Å². The van der Waals surface area contributed by atoms with Crippen molar-refractivity contribution >= 4 is 28.3 Å². The highest BCUT2D eigenvalue weighted by Crippen LogP contribution is 2.14. The predicted octanol–water partition coefficient (Wildman–Crippen LogP) is 0.0296. The van der Waals surface area contributed by atoms with Crippen LogP contribution in [0, 0.1) is 0 Å². The van der Waals surface area contributed by atoms with E-state index < -0.39 is 0 Å². The predicted molar refractivity (Wildman–Crippen MR) is 64.7 cm³/mol. The molecule has 1 aliphatic rings. The van der Waals surface area contributed by atoms with Crippen LogP contribution < -0.4 is 5.73 Å². The molecule has 1 aliphatic heterocycles. The normalized spacial score (nSPS) is 17.1. The number of thiazole rings is 1. The zero-order chi connectivity index (χ0) is 12.4. The molecule has 0 atom stereocenters. The Morgan fingerprint density at radius 3 is 2.94 bits per heavy atom. The lowest BCUT2D eigenvalue weighted by Gasteiger charge is -2.18. The lowest BCUT2D eigenvalue weighted by molar-refractivity contribution is -0.129. The van der Waals surface area contributed by atoms with E-state index in [1.54, 1.807) is 17.3 Å². The van der Waals surface area contributed by atoms with Gasteiger partial charge in [0.05, 0.1) is 0 Å². The molecule has 1 saturated heterocycles. The molecule has 1 aromatic rings. The Kier molecular flexibility index (Phi) is 3.28. The van der Waals surface area contributed by atoms with Gasteiger partial charge in [0.25, 0.3) is 5.91 Å². The summed E-state index contributed by atoms with van der Waals surface area (Å²) in [5.41, 5.74) is 5.81. The standard InChI is InChI=1S/C10H14N4O2S/c1-13-3-2-4-14(5-8(13)15)9(16)7-6-17-10(11)12-7/h6H,2-5H2,1H3,(H2,11,12). The summed E-state index contributed by atoms with van der Waals surface area (Å²) in [5.74, 6) is -0.263. The van der Waals surface area contributed by atoms with Gasteiger partial charge in [-0.2, -0.15) is 0 Å². The van der Waals surface area contributed by atoms with E-state index in [-0.39, 0.29) is 18.4 Å². The average molecular weight is 254 g/mol. The van der Waals surface area contributed by atoms with Crippen molar-refractivity contribution in [1.82, 2.24) is 14.8 Å². The lowest BCUT2D eigenvalue weighted by Crippen LogP contribution is -2.38. The van der Waals surface area contributed by atoms with E-state index in [4.69, 9.17) is 5.73 Å². The number of nitrogens with zero attached hydrogens (tertiary/aromatic N) is 3. The molecule has 92 valence electrons. The molecule has 7 heteroatoms. The number of anilines is 1. The summed E-state index contributed by atoms with van der Waals surface area (Å²) in [6.07, 6.45) is 0.785. The van der Waals surface area contributed by atoms with E-state index in [0.29, 0.717) is 23.9 Å². The van der Waals surface area contributed by atoms with Gasteiger partial charge in [0, 0.05) is 25.5 Å². The molecule has 2 rings (SSSR count). The van der Waals surface area contributed by atoms with Crippen molar-refractivity contribution in [2.24, 2.45) is 0 Å². The molecule has 0 aromatic carbocycles. The summed E-state index contributed by atoms with van der Waals surface area (Å²) in [6, 6.07) is 0. The Morgan fingerprint density at radius 1 is 1.53 bits per heavy atom. The number of hydrogen-bond acceptors (Lipinski definition) is 5. The summed E-state index contributed by atoms with van der Waals surface area (Å²) in [5, 5.41) is 1.99. The monoisotopic (exact) mass is 254 g/mol. The number of nitrogen functional groups attached to an aromatic ring is 1. The Balaban J connectivity index is 2.11. The number of likely N-dealkylation sites (N-methyl/N-ethyl adjacent to an activating group) is 1. The quantitative estimate of drug-likeness (QED) is 0.766. The fourth-order valence-corrected chi connectivity index (χ4v) is 2.24. The Hall–Kier alpha value is -1.63. The van der Waals surface area contributed by atoms with Crippen molar-refractivity contribution in [3.63, 3.8) is 0 Å². The summed E-state index contributed by atoms with van der Waals surface area (Å²) >= 11 is 1.23. The molecule has 2 N–H and O–H groups in total. The van der Waals surface area contributed by atoms with Crippen LogP contribution in [0.4, 0.5) is 5.13 Å². The molecule has 6 nitrogen and oxygen atoms in total. The van der Waals surface area contributed by atoms with Crippen molar-refractivity contribution in [1.29, 1.82) is 0 Å². The lowest BCUT2D eigenvalue weighted by atomic mass is 10.3. The van der Waals surface area contributed by atoms with Crippen LogP contribution in [0.2, 0.25) is 0 Å². The second kappa shape index (κ2) is 4.70. The van der Waals surface area contributed by atoms with Gasteiger partial charge in [-0.05, 0) is 6.42 Å². The van der Waals surface area contributed by atoms with Crippen LogP contribution in [0.25, 0.3) is 0 Å². The minimum atomic E-state index is -0.221. The van der Waals surface area contributed by atoms with Crippen molar-refractivity contribution in [3.05, 3.63) is 11.1 Å². The van der Waals surface area contributed by atoms with Gasteiger partial charge in [0.15, 0.2) is 5.13 Å². The molecule has 2 heterocycles. The van der Waals surface area contributed by atoms with Gasteiger partial charge in [0.1, 0.15) is 12.2 Å². The van der Waals surface area contributed by atoms with Crippen LogP contribution in [0.15, 0.2) is 5.38 Å². The number of amides is 2. The highest BCUT2D eigenvalue weighted by molar-refractivity contribution is 7.13. The largest absolute Gasteiger partial charge is 0.375 e. The number of rotatable bonds is 1. The van der Waals surface area contributed by atoms with Gasteiger partial charge >= 0.3 is 0 Å². The zero-order valence-corrected chi connectivity index (χ0v) is 10.4. The average Bonchev–Trinajstić information content (AvgIpc) is 2.65. The maximum atomic E-state index is 12.1. The van der Waals surface area contributed by atoms with Gasteiger partial charge in [-0.15, -0.1) is 11.3 Å². The third-order valence-corrected chi connectivity index (χ3v) is 3.38. The van der Waals surface area contributed by atoms with Crippen molar-refractivity contribution in [2.75, 3.05) is 32.4 Å². The Labute approximate surface area is 103 Å². The molecule has 17 heavy (non-hydrogen) atoms. The number of aromatic nitrogens is 1. The zero-order valence-electron chi connectivity index (χ0n) is 9.55. The summed E-state index contributed by atoms with van der Waals surface area (Å²) < 4.78 is 0. The number of nitrogens with two attached hydrogens (primary N) is 1. The summed E-state index contributed by atoms with van der Waals surface area (Å²) in [7, 11) is 1.75. The van der Waals surface area contributed by atoms with Crippen LogP contribution in [-0.2, 0) is 4.79 Å². The molecular weight excluding hydrogens is 240 g/mol. The smallest absolute Gasteiger partial charge is 0.273 e. The first-order chi connectivity index (χ1) is 8.08. The van der Waals surface area contributed by atoms with Crippen LogP contribution in [-0.4, -0.2) is 53.3 Å². The summed E-state index contributed by atoms with van der Waals surface area (Å²) in [4.78, 5) is 30.8. The Bertz CT molecular complexity index is 445. The van der Waals surface area contributed by atoms with Gasteiger partial charge in [-0.25, -0.2) is 4.98 Å². The van der Waals surface area contributed by atoms with Gasteiger partial charge in [-0.1, -0.05) is 0 Å². The molecule has 0 spiro atoms. The van der Waals surface area contributed by atoms with Crippen LogP contribution >= 0.6 is 11.3 Å². The highest BCUT2D eigenvalue weighted by Gasteiger charge is 2.24. The SMILES string of the molecule is CN1CCCN(C(=O)c2csc(N)n2)CC1=O. The first-order valence-electron chi connectivity index (χ1n) is 5.32. The number of carbonyl (C=O) groups is 2. The van der Waals surface area contributed by atoms with Crippen LogP contribution in [0.5, 0.6) is 0 Å². The molecule has 0 bridgehead atoms. The molecule has 1 fully saturated rings. The molecule has 0 radical (unpaired) electrons. The van der Waals surface area contributed by atoms with Gasteiger partial charge < -0.3 is 15.5 Å². The minimum Gasteiger partial charge on any atom is -0.375 e. The molecule has 2 amide bonds. The molecule has 0 unspecified atom stereocenters. The Morgan fingerprint density at radius 2 is 2.29 bits per heavy atom. The number of carbonyl (C=O) groups excluding carboxylic acids is 2. The first-order valence-corrected chi connectivity index (χ1v) is 6.20. The topological polar surface area (TPSA) is 79.5 Å². The maximum Gasteiger partial charge on any atom is 0.273 e. The highest BCUT2D eigenvalue weighted by atomic mass is 32.1. The second-order valence-corrected chi connectivity index (χ2v) is 4.86. The van der Waals surface area contributed by atoms with Crippen molar-refractivity contribution in [2.45, 2.75) is 6.42 Å². The number of hydrogen-bond donors (Lipinski definition) is 1. The van der Waals surface area contributed by atoms with Crippen molar-refractivity contribution < 1.29 is 9.59 Å². The maximum absolute atomic E-state index is 12.1. The molecule has 0 aliphatic carbocycles. The molecule has 1 aromatic heterocycles. The van der Waals surface area contributed by atoms with Gasteiger partial charge in [0.2, 0.25) is 5.91 Å². The van der Waals surface area contributed by atoms with E-state index >= 15 is 0 Å². The third kappa shape index (κ3) is 2.55. The van der Waals surface area contributed by atoms with Gasteiger partial charge in [-0.3, -0.25) is 9.59 Å². The fraction of sp³-hybridized carbons (Fsp3) is 0.500. The van der Waals surface area contributed by atoms with E-state index in [9.17, 15) is 9.59 Å². The summed E-state index contributed by atoms with van der Waals surface area (Å²) in [6.45, 7) is 1.38. The van der Waals surface area contributed by atoms with Crippen LogP contribution in [0.3, 0.4) is 0 Å². The van der Waals surface area contributed by atoms with E-state index in [1.165, 1.54) is 16.2 Å². The third-order valence-electron chi connectivity index (χ3n) is 2.70. The first kappa shape index (κ1) is 11.8. The van der Waals surface area contributed by atoms with E-state index in [2.05, 4.69) is 4.98 Å². The minimum absolute atomic E-state index is 0.0425. The fourth-order valence-electron chi connectivity index (χ4n) is 1.71. The molecular formula is C10H14N4O2S. The van der Waals surface area contributed by atoms with Crippen LogP contribution in [0.1, 0.15) is 16.9 Å². The van der Waals surface area contributed by atoms with E-state index in [1.807, 2.05) is 0 Å². The van der Waals surface area contributed by atoms with Crippen molar-refractivity contribution in [3.8, 4) is 0 Å².